The molecular formula is C23H22N2O4S2. The molecule has 1 saturated heterocycles. The van der Waals surface area contributed by atoms with Crippen molar-refractivity contribution in [2.45, 2.75) is 30.9 Å². The van der Waals surface area contributed by atoms with Gasteiger partial charge in [0.05, 0.1) is 9.77 Å². The molecule has 1 fully saturated rings. The Morgan fingerprint density at radius 1 is 1.06 bits per heavy atom. The standard InChI is InChI=1S/C23H22N2O4S2/c26-23(21-13-17-15-29-20-6-2-1-5-19(20)22(17)30-21)24-14-16-7-9-18(10-8-16)31(27,28)25-11-3-4-12-25/h1-2,5-10,13H,3-4,11-12,14-15H2,(H,24,26). The number of ether oxygens (including phenoxy) is 1. The summed E-state index contributed by atoms with van der Waals surface area (Å²) in [7, 11) is -3.42. The van der Waals surface area contributed by atoms with Gasteiger partial charge < -0.3 is 10.1 Å². The van der Waals surface area contributed by atoms with Gasteiger partial charge in [0.15, 0.2) is 0 Å². The third-order valence-electron chi connectivity index (χ3n) is 5.63. The molecule has 2 aromatic carbocycles. The zero-order valence-electron chi connectivity index (χ0n) is 16.8. The number of hydrogen-bond donors (Lipinski definition) is 1. The van der Waals surface area contributed by atoms with E-state index in [0.29, 0.717) is 36.0 Å². The summed E-state index contributed by atoms with van der Waals surface area (Å²) in [6.45, 7) is 1.96. The Morgan fingerprint density at radius 2 is 1.81 bits per heavy atom. The Bertz CT molecular complexity index is 1230. The number of carbonyl (C=O) groups excluding carboxylic acids is 1. The van der Waals surface area contributed by atoms with Crippen LogP contribution in [0.3, 0.4) is 0 Å². The number of rotatable bonds is 5. The van der Waals surface area contributed by atoms with Crippen LogP contribution >= 0.6 is 11.3 Å². The van der Waals surface area contributed by atoms with Gasteiger partial charge in [0.2, 0.25) is 10.0 Å². The van der Waals surface area contributed by atoms with E-state index in [1.54, 1.807) is 24.3 Å². The minimum Gasteiger partial charge on any atom is -0.488 e. The summed E-state index contributed by atoms with van der Waals surface area (Å²) in [5.41, 5.74) is 2.89. The lowest BCUT2D eigenvalue weighted by Crippen LogP contribution is -2.27. The summed E-state index contributed by atoms with van der Waals surface area (Å²) >= 11 is 1.46. The van der Waals surface area contributed by atoms with Gasteiger partial charge in [-0.3, -0.25) is 4.79 Å². The number of sulfonamides is 1. The fraction of sp³-hybridized carbons (Fsp3) is 0.261. The number of nitrogens with zero attached hydrogens (tertiary/aromatic N) is 1. The maximum absolute atomic E-state index is 12.7. The average Bonchev–Trinajstić information content (AvgIpc) is 3.48. The normalized spacial score (nSPS) is 15.7. The Kier molecular flexibility index (Phi) is 5.29. The summed E-state index contributed by atoms with van der Waals surface area (Å²) in [5.74, 6) is 0.693. The molecule has 5 rings (SSSR count). The molecule has 31 heavy (non-hydrogen) atoms. The van der Waals surface area contributed by atoms with Crippen LogP contribution in [0.1, 0.15) is 33.6 Å². The molecule has 160 valence electrons. The van der Waals surface area contributed by atoms with Gasteiger partial charge in [0.1, 0.15) is 12.4 Å². The molecule has 0 radical (unpaired) electrons. The van der Waals surface area contributed by atoms with Crippen LogP contribution in [0.5, 0.6) is 5.75 Å². The second-order valence-corrected chi connectivity index (χ2v) is 10.7. The van der Waals surface area contributed by atoms with Crippen LogP contribution in [0, 0.1) is 0 Å². The molecule has 8 heteroatoms. The predicted octanol–water partition coefficient (Wildman–Crippen LogP) is 4.02. The number of fused-ring (bicyclic) bond motifs is 3. The number of hydrogen-bond acceptors (Lipinski definition) is 5. The smallest absolute Gasteiger partial charge is 0.261 e. The van der Waals surface area contributed by atoms with E-state index in [4.69, 9.17) is 4.74 Å². The topological polar surface area (TPSA) is 75.7 Å². The van der Waals surface area contributed by atoms with Crippen LogP contribution in [0.2, 0.25) is 0 Å². The van der Waals surface area contributed by atoms with Gasteiger partial charge in [-0.15, -0.1) is 11.3 Å². The van der Waals surface area contributed by atoms with Crippen molar-refractivity contribution in [3.05, 3.63) is 70.6 Å². The number of carbonyl (C=O) groups is 1. The van der Waals surface area contributed by atoms with Gasteiger partial charge in [-0.2, -0.15) is 4.31 Å². The maximum atomic E-state index is 12.7. The average molecular weight is 455 g/mol. The zero-order chi connectivity index (χ0) is 21.4. The monoisotopic (exact) mass is 454 g/mol. The second-order valence-electron chi connectivity index (χ2n) is 7.69. The molecule has 0 bridgehead atoms. The Balaban J connectivity index is 1.26. The van der Waals surface area contributed by atoms with Crippen molar-refractivity contribution in [3.8, 4) is 16.2 Å². The van der Waals surface area contributed by atoms with E-state index >= 15 is 0 Å². The lowest BCUT2D eigenvalue weighted by Gasteiger charge is -2.16. The van der Waals surface area contributed by atoms with Gasteiger partial charge in [0.25, 0.3) is 5.91 Å². The molecular weight excluding hydrogens is 432 g/mol. The molecule has 6 nitrogen and oxygen atoms in total. The van der Waals surface area contributed by atoms with E-state index in [0.717, 1.165) is 40.2 Å². The molecule has 0 saturated carbocycles. The molecule has 2 aliphatic rings. The Hall–Kier alpha value is -2.68. The Labute approximate surface area is 185 Å². The second kappa shape index (κ2) is 8.11. The first-order chi connectivity index (χ1) is 15.0. The van der Waals surface area contributed by atoms with Gasteiger partial charge in [-0.1, -0.05) is 24.3 Å². The first-order valence-electron chi connectivity index (χ1n) is 10.2. The molecule has 1 amide bonds. The molecule has 0 aliphatic carbocycles. The number of amides is 1. The van der Waals surface area contributed by atoms with Crippen LogP contribution in [0.15, 0.2) is 59.5 Å². The maximum Gasteiger partial charge on any atom is 0.261 e. The third kappa shape index (κ3) is 3.86. The summed E-state index contributed by atoms with van der Waals surface area (Å²) in [5, 5.41) is 2.93. The predicted molar refractivity (Wildman–Crippen MR) is 120 cm³/mol. The summed E-state index contributed by atoms with van der Waals surface area (Å²) in [6.07, 6.45) is 1.82. The fourth-order valence-electron chi connectivity index (χ4n) is 3.94. The number of para-hydroxylation sites is 1. The highest BCUT2D eigenvalue weighted by molar-refractivity contribution is 7.89. The van der Waals surface area contributed by atoms with E-state index in [1.165, 1.54) is 15.6 Å². The van der Waals surface area contributed by atoms with Gasteiger partial charge in [0, 0.05) is 35.6 Å². The SMILES string of the molecule is O=C(NCc1ccc(S(=O)(=O)N2CCCC2)cc1)c1cc2c(s1)-c1ccccc1OC2. The van der Waals surface area contributed by atoms with Crippen LogP contribution in [0.4, 0.5) is 0 Å². The highest BCUT2D eigenvalue weighted by atomic mass is 32.2. The van der Waals surface area contributed by atoms with Crippen molar-refractivity contribution in [1.82, 2.24) is 9.62 Å². The summed E-state index contributed by atoms with van der Waals surface area (Å²) in [6, 6.07) is 16.5. The molecule has 0 spiro atoms. The number of thiophene rings is 1. The van der Waals surface area contributed by atoms with Crippen LogP contribution < -0.4 is 10.1 Å². The lowest BCUT2D eigenvalue weighted by atomic mass is 10.1. The van der Waals surface area contributed by atoms with E-state index in [9.17, 15) is 13.2 Å². The lowest BCUT2D eigenvalue weighted by molar-refractivity contribution is 0.0955. The summed E-state index contributed by atoms with van der Waals surface area (Å²) in [4.78, 5) is 14.7. The van der Waals surface area contributed by atoms with Crippen LogP contribution in [-0.2, 0) is 23.2 Å². The number of benzene rings is 2. The van der Waals surface area contributed by atoms with E-state index in [1.807, 2.05) is 30.3 Å². The minimum absolute atomic E-state index is 0.148. The van der Waals surface area contributed by atoms with Gasteiger partial charge >= 0.3 is 0 Å². The van der Waals surface area contributed by atoms with Gasteiger partial charge in [-0.05, 0) is 48.7 Å². The van der Waals surface area contributed by atoms with E-state index in [-0.39, 0.29) is 5.91 Å². The van der Waals surface area contributed by atoms with Crippen molar-refractivity contribution >= 4 is 27.3 Å². The van der Waals surface area contributed by atoms with Crippen molar-refractivity contribution in [2.75, 3.05) is 13.1 Å². The van der Waals surface area contributed by atoms with Crippen LogP contribution in [-0.4, -0.2) is 31.7 Å². The first-order valence-corrected chi connectivity index (χ1v) is 12.5. The highest BCUT2D eigenvalue weighted by Gasteiger charge is 2.27. The zero-order valence-corrected chi connectivity index (χ0v) is 18.5. The van der Waals surface area contributed by atoms with E-state index in [2.05, 4.69) is 5.32 Å². The van der Waals surface area contributed by atoms with Crippen molar-refractivity contribution in [3.63, 3.8) is 0 Å². The molecule has 1 N–H and O–H groups in total. The fourth-order valence-corrected chi connectivity index (χ4v) is 6.57. The van der Waals surface area contributed by atoms with Crippen molar-refractivity contribution < 1.29 is 17.9 Å². The van der Waals surface area contributed by atoms with Crippen molar-refractivity contribution in [1.29, 1.82) is 0 Å². The first kappa shape index (κ1) is 20.2. The quantitative estimate of drug-likeness (QED) is 0.632. The van der Waals surface area contributed by atoms with E-state index < -0.39 is 10.0 Å². The molecule has 3 aromatic rings. The molecule has 0 unspecified atom stereocenters. The van der Waals surface area contributed by atoms with Crippen molar-refractivity contribution in [2.24, 2.45) is 0 Å². The third-order valence-corrected chi connectivity index (χ3v) is 8.75. The molecule has 1 aromatic heterocycles. The molecule has 0 atom stereocenters. The van der Waals surface area contributed by atoms with Crippen LogP contribution in [0.25, 0.3) is 10.4 Å². The minimum atomic E-state index is -3.42. The molecule has 3 heterocycles. The summed E-state index contributed by atoms with van der Waals surface area (Å²) < 4.78 is 32.6. The highest BCUT2D eigenvalue weighted by Crippen LogP contribution is 2.42. The Morgan fingerprint density at radius 3 is 2.58 bits per heavy atom. The molecule has 2 aliphatic heterocycles. The van der Waals surface area contributed by atoms with Gasteiger partial charge in [-0.25, -0.2) is 8.42 Å². The number of nitrogens with one attached hydrogen (secondary N) is 1. The largest absolute Gasteiger partial charge is 0.488 e.